The number of hydrogen-bond acceptors (Lipinski definition) is 3. The highest BCUT2D eigenvalue weighted by Crippen LogP contribution is 2.28. The number of halogens is 2. The molecule has 1 amide bonds. The van der Waals surface area contributed by atoms with Crippen LogP contribution in [0.15, 0.2) is 36.4 Å². The molecule has 150 valence electrons. The Hall–Kier alpha value is -2.11. The number of carbonyl (C=O) groups excluding carboxylic acids is 1. The van der Waals surface area contributed by atoms with Crippen LogP contribution in [0.4, 0.5) is 15.8 Å². The molecule has 0 aliphatic carbocycles. The molecule has 1 unspecified atom stereocenters. The fourth-order valence-electron chi connectivity index (χ4n) is 3.70. The van der Waals surface area contributed by atoms with E-state index in [0.717, 1.165) is 49.4 Å². The fraction of sp³-hybridized carbons (Fsp3) is 0.409. The summed E-state index contributed by atoms with van der Waals surface area (Å²) in [6.07, 6.45) is 0.944. The van der Waals surface area contributed by atoms with Gasteiger partial charge in [-0.3, -0.25) is 9.69 Å². The van der Waals surface area contributed by atoms with Crippen LogP contribution in [0, 0.1) is 19.7 Å². The zero-order valence-electron chi connectivity index (χ0n) is 16.6. The van der Waals surface area contributed by atoms with Gasteiger partial charge in [-0.1, -0.05) is 17.7 Å². The van der Waals surface area contributed by atoms with Gasteiger partial charge in [-0.05, 0) is 68.7 Å². The summed E-state index contributed by atoms with van der Waals surface area (Å²) in [6, 6.07) is 10.2. The summed E-state index contributed by atoms with van der Waals surface area (Å²) in [5.41, 5.74) is 3.74. The van der Waals surface area contributed by atoms with E-state index in [2.05, 4.69) is 15.1 Å². The van der Waals surface area contributed by atoms with Gasteiger partial charge in [0.15, 0.2) is 0 Å². The van der Waals surface area contributed by atoms with Crippen LogP contribution in [0.1, 0.15) is 24.5 Å². The van der Waals surface area contributed by atoms with E-state index in [1.807, 2.05) is 45.0 Å². The number of hydrogen-bond donors (Lipinski definition) is 1. The van der Waals surface area contributed by atoms with Crippen LogP contribution >= 0.6 is 11.6 Å². The Morgan fingerprint density at radius 1 is 1.11 bits per heavy atom. The lowest BCUT2D eigenvalue weighted by atomic mass is 10.1. The Morgan fingerprint density at radius 2 is 1.82 bits per heavy atom. The Bertz CT molecular complexity index is 817. The van der Waals surface area contributed by atoms with Crippen molar-refractivity contribution in [2.24, 2.45) is 0 Å². The van der Waals surface area contributed by atoms with Gasteiger partial charge in [-0.25, -0.2) is 4.39 Å². The maximum atomic E-state index is 13.2. The van der Waals surface area contributed by atoms with Crippen LogP contribution in [-0.2, 0) is 4.79 Å². The number of nitrogens with zero attached hydrogens (tertiary/aromatic N) is 2. The van der Waals surface area contributed by atoms with E-state index in [0.29, 0.717) is 10.7 Å². The summed E-state index contributed by atoms with van der Waals surface area (Å²) >= 11 is 6.33. The second-order valence-corrected chi connectivity index (χ2v) is 7.86. The van der Waals surface area contributed by atoms with Crippen molar-refractivity contribution in [3.63, 3.8) is 0 Å². The maximum absolute atomic E-state index is 13.2. The lowest BCUT2D eigenvalue weighted by Crippen LogP contribution is -2.44. The lowest BCUT2D eigenvalue weighted by molar-refractivity contribution is -0.120. The number of rotatable bonds is 4. The maximum Gasteiger partial charge on any atom is 0.241 e. The van der Waals surface area contributed by atoms with Gasteiger partial charge in [-0.2, -0.15) is 0 Å². The van der Waals surface area contributed by atoms with Gasteiger partial charge < -0.3 is 10.2 Å². The zero-order chi connectivity index (χ0) is 20.3. The fourth-order valence-corrected chi connectivity index (χ4v) is 4.07. The third-order valence-electron chi connectivity index (χ3n) is 5.33. The molecule has 1 aliphatic heterocycles. The monoisotopic (exact) mass is 403 g/mol. The van der Waals surface area contributed by atoms with Gasteiger partial charge in [-0.15, -0.1) is 0 Å². The third kappa shape index (κ3) is 4.83. The van der Waals surface area contributed by atoms with Crippen LogP contribution in [0.5, 0.6) is 0 Å². The summed E-state index contributed by atoms with van der Waals surface area (Å²) in [7, 11) is 0. The molecule has 3 rings (SSSR count). The molecule has 1 N–H and O–H groups in total. The first kappa shape index (κ1) is 20.6. The number of benzene rings is 2. The van der Waals surface area contributed by atoms with Crippen LogP contribution in [0.3, 0.4) is 0 Å². The molecule has 1 atom stereocenters. The van der Waals surface area contributed by atoms with Crippen molar-refractivity contribution >= 4 is 28.9 Å². The largest absolute Gasteiger partial charge is 0.370 e. The van der Waals surface area contributed by atoms with E-state index >= 15 is 0 Å². The predicted molar refractivity (Wildman–Crippen MR) is 114 cm³/mol. The highest BCUT2D eigenvalue weighted by molar-refractivity contribution is 6.34. The molecular weight excluding hydrogens is 377 g/mol. The minimum Gasteiger partial charge on any atom is -0.370 e. The second kappa shape index (κ2) is 8.93. The molecular formula is C22H27ClFN3O. The molecule has 2 aromatic rings. The standard InChI is InChI=1S/C22H27ClFN3O/c1-15-13-16(2)21(20(23)14-15)25-22(28)17(3)26-9-4-10-27(12-11-26)19-7-5-18(24)6-8-19/h5-8,13-14,17H,4,9-12H2,1-3H3,(H,25,28). The summed E-state index contributed by atoms with van der Waals surface area (Å²) in [5.74, 6) is -0.278. The van der Waals surface area contributed by atoms with E-state index in [4.69, 9.17) is 11.6 Å². The van der Waals surface area contributed by atoms with E-state index in [1.165, 1.54) is 12.1 Å². The van der Waals surface area contributed by atoms with Crippen molar-refractivity contribution in [3.8, 4) is 0 Å². The van der Waals surface area contributed by atoms with Gasteiger partial charge in [0, 0.05) is 31.9 Å². The zero-order valence-corrected chi connectivity index (χ0v) is 17.4. The molecule has 0 spiro atoms. The van der Waals surface area contributed by atoms with Gasteiger partial charge >= 0.3 is 0 Å². The van der Waals surface area contributed by atoms with Crippen molar-refractivity contribution < 1.29 is 9.18 Å². The number of nitrogens with one attached hydrogen (secondary N) is 1. The van der Waals surface area contributed by atoms with Gasteiger partial charge in [0.05, 0.1) is 16.8 Å². The minimum absolute atomic E-state index is 0.0518. The second-order valence-electron chi connectivity index (χ2n) is 7.46. The van der Waals surface area contributed by atoms with Crippen molar-refractivity contribution in [1.29, 1.82) is 0 Å². The van der Waals surface area contributed by atoms with Gasteiger partial charge in [0.1, 0.15) is 5.82 Å². The van der Waals surface area contributed by atoms with Crippen LogP contribution in [-0.4, -0.2) is 43.0 Å². The molecule has 0 aromatic heterocycles. The van der Waals surface area contributed by atoms with Crippen LogP contribution in [0.25, 0.3) is 0 Å². The molecule has 1 fully saturated rings. The highest BCUT2D eigenvalue weighted by Gasteiger charge is 2.25. The third-order valence-corrected chi connectivity index (χ3v) is 5.63. The number of amides is 1. The molecule has 2 aromatic carbocycles. The molecule has 0 bridgehead atoms. The van der Waals surface area contributed by atoms with E-state index in [9.17, 15) is 9.18 Å². The molecule has 0 radical (unpaired) electrons. The Balaban J connectivity index is 1.63. The first-order valence-electron chi connectivity index (χ1n) is 9.67. The molecule has 4 nitrogen and oxygen atoms in total. The normalized spacial score (nSPS) is 16.5. The number of aryl methyl sites for hydroxylation is 2. The topological polar surface area (TPSA) is 35.6 Å². The van der Waals surface area contributed by atoms with Crippen molar-refractivity contribution in [2.75, 3.05) is 36.4 Å². The molecule has 1 heterocycles. The Kier molecular flexibility index (Phi) is 6.57. The molecule has 28 heavy (non-hydrogen) atoms. The minimum atomic E-state index is -0.259. The smallest absolute Gasteiger partial charge is 0.241 e. The molecule has 1 aliphatic rings. The number of carbonyl (C=O) groups is 1. The SMILES string of the molecule is Cc1cc(C)c(NC(=O)C(C)N2CCCN(c3ccc(F)cc3)CC2)c(Cl)c1. The summed E-state index contributed by atoms with van der Waals surface area (Å²) in [5, 5.41) is 3.57. The van der Waals surface area contributed by atoms with E-state index in [-0.39, 0.29) is 17.8 Å². The van der Waals surface area contributed by atoms with Crippen LogP contribution in [0.2, 0.25) is 5.02 Å². The van der Waals surface area contributed by atoms with Crippen molar-refractivity contribution in [3.05, 3.63) is 58.4 Å². The predicted octanol–water partition coefficient (Wildman–Crippen LogP) is 4.64. The van der Waals surface area contributed by atoms with Crippen molar-refractivity contribution in [2.45, 2.75) is 33.2 Å². The first-order chi connectivity index (χ1) is 13.3. The average Bonchev–Trinajstić information content (AvgIpc) is 2.90. The van der Waals surface area contributed by atoms with E-state index < -0.39 is 0 Å². The highest BCUT2D eigenvalue weighted by atomic mass is 35.5. The van der Waals surface area contributed by atoms with Crippen LogP contribution < -0.4 is 10.2 Å². The quantitative estimate of drug-likeness (QED) is 0.808. The summed E-state index contributed by atoms with van der Waals surface area (Å²) < 4.78 is 13.2. The Morgan fingerprint density at radius 3 is 2.50 bits per heavy atom. The molecule has 1 saturated heterocycles. The van der Waals surface area contributed by atoms with E-state index in [1.54, 1.807) is 0 Å². The van der Waals surface area contributed by atoms with Gasteiger partial charge in [0.25, 0.3) is 0 Å². The molecule has 6 heteroatoms. The average molecular weight is 404 g/mol. The Labute approximate surface area is 171 Å². The number of anilines is 2. The molecule has 0 saturated carbocycles. The lowest BCUT2D eigenvalue weighted by Gasteiger charge is -2.27. The van der Waals surface area contributed by atoms with Gasteiger partial charge in [0.2, 0.25) is 5.91 Å². The summed E-state index contributed by atoms with van der Waals surface area (Å²) in [4.78, 5) is 17.3. The van der Waals surface area contributed by atoms with Crippen molar-refractivity contribution in [1.82, 2.24) is 4.90 Å². The summed E-state index contributed by atoms with van der Waals surface area (Å²) in [6.45, 7) is 9.16. The first-order valence-corrected chi connectivity index (χ1v) is 10.0.